The molecule has 1 unspecified atom stereocenters. The van der Waals surface area contributed by atoms with Crippen LogP contribution in [0.5, 0.6) is 17.4 Å². The lowest BCUT2D eigenvalue weighted by atomic mass is 9.79. The summed E-state index contributed by atoms with van der Waals surface area (Å²) >= 11 is 0. The van der Waals surface area contributed by atoms with Gasteiger partial charge in [-0.05, 0) is 107 Å². The fourth-order valence-electron chi connectivity index (χ4n) is 7.83. The van der Waals surface area contributed by atoms with Crippen LogP contribution in [0.1, 0.15) is 49.3 Å². The number of hydrogen-bond acceptors (Lipinski definition) is 12. The lowest BCUT2D eigenvalue weighted by Crippen LogP contribution is -2.61. The van der Waals surface area contributed by atoms with Crippen molar-refractivity contribution in [3.63, 3.8) is 0 Å². The maximum absolute atomic E-state index is 15.6. The molecule has 2 aromatic carbocycles. The highest BCUT2D eigenvalue weighted by Crippen LogP contribution is 2.54. The second kappa shape index (κ2) is 16.1. The zero-order valence-electron chi connectivity index (χ0n) is 31.6. The lowest BCUT2D eigenvalue weighted by molar-refractivity contribution is -0.241. The molecule has 0 saturated carbocycles. The summed E-state index contributed by atoms with van der Waals surface area (Å²) in [6, 6.07) is 9.97. The van der Waals surface area contributed by atoms with Gasteiger partial charge in [0.05, 0.1) is 43.7 Å². The maximum Gasteiger partial charge on any atom is 0.493 e. The molecule has 2 fully saturated rings. The van der Waals surface area contributed by atoms with Gasteiger partial charge in [-0.3, -0.25) is 4.79 Å². The Morgan fingerprint density at radius 1 is 0.982 bits per heavy atom. The van der Waals surface area contributed by atoms with E-state index in [9.17, 15) is 36.4 Å². The molecular weight excluding hydrogens is 774 g/mol. The van der Waals surface area contributed by atoms with Gasteiger partial charge in [-0.15, -0.1) is 5.06 Å². The Morgan fingerprint density at radius 2 is 1.65 bits per heavy atom. The first-order valence-corrected chi connectivity index (χ1v) is 19.6. The number of nitrogens with zero attached hydrogens (tertiary/aromatic N) is 6. The van der Waals surface area contributed by atoms with Crippen LogP contribution in [0.4, 0.5) is 23.7 Å². The predicted molar refractivity (Wildman–Crippen MR) is 195 cm³/mol. The fourth-order valence-corrected chi connectivity index (χ4v) is 9.43. The number of pyridine rings is 1. The number of fused-ring (bicyclic) bond motifs is 1. The molecular formula is C38H41F3N6O9S. The van der Waals surface area contributed by atoms with E-state index in [1.54, 1.807) is 6.92 Å². The Hall–Kier alpha value is -5.61. The third-order valence-electron chi connectivity index (χ3n) is 10.7. The molecule has 0 N–H and O–H groups in total. The molecule has 0 spiro atoms. The number of ether oxygens (including phenoxy) is 3. The Morgan fingerprint density at radius 3 is 2.25 bits per heavy atom. The molecule has 3 aromatic rings. The minimum absolute atomic E-state index is 0.0156. The number of carbonyl (C=O) groups is 3. The molecule has 2 saturated heterocycles. The summed E-state index contributed by atoms with van der Waals surface area (Å²) in [6.07, 6.45) is -1.65. The summed E-state index contributed by atoms with van der Waals surface area (Å²) in [6.45, 7) is 3.27. The molecule has 304 valence electrons. The molecule has 3 aliphatic rings. The van der Waals surface area contributed by atoms with Gasteiger partial charge in [-0.25, -0.2) is 23.0 Å². The molecule has 57 heavy (non-hydrogen) atoms. The number of alkyl halides is 3. The van der Waals surface area contributed by atoms with Gasteiger partial charge in [0.25, 0.3) is 15.9 Å². The van der Waals surface area contributed by atoms with E-state index in [1.807, 2.05) is 13.1 Å². The second-order valence-electron chi connectivity index (χ2n) is 13.9. The molecule has 6 rings (SSSR count). The van der Waals surface area contributed by atoms with Crippen LogP contribution in [0.2, 0.25) is 0 Å². The van der Waals surface area contributed by atoms with Gasteiger partial charge in [0.2, 0.25) is 11.4 Å². The minimum atomic E-state index is -5.69. The zero-order valence-corrected chi connectivity index (χ0v) is 32.4. The van der Waals surface area contributed by atoms with Crippen molar-refractivity contribution in [1.29, 1.82) is 5.26 Å². The highest BCUT2D eigenvalue weighted by molar-refractivity contribution is 7.93. The van der Waals surface area contributed by atoms with E-state index >= 15 is 4.79 Å². The van der Waals surface area contributed by atoms with Crippen molar-refractivity contribution in [2.24, 2.45) is 11.8 Å². The molecule has 1 atom stereocenters. The number of sulfonamides is 1. The van der Waals surface area contributed by atoms with Gasteiger partial charge in [-0.2, -0.15) is 22.7 Å². The van der Waals surface area contributed by atoms with E-state index < -0.39 is 67.2 Å². The predicted octanol–water partition coefficient (Wildman–Crippen LogP) is 4.84. The van der Waals surface area contributed by atoms with Crippen molar-refractivity contribution in [3.8, 4) is 23.4 Å². The molecule has 15 nitrogen and oxygen atoms in total. The molecule has 0 aliphatic carbocycles. The van der Waals surface area contributed by atoms with Crippen molar-refractivity contribution < 1.29 is 55.0 Å². The Balaban J connectivity index is 1.59. The van der Waals surface area contributed by atoms with Crippen LogP contribution >= 0.6 is 0 Å². The number of anilines is 1. The standard InChI is InChI=1S/C38H41F3N6O9S/c1-5-55-33-28(7-6-16-43-33)37(47(56-35(49)38(39,40)41)36(50)45-19-14-26(15-20-45)25-12-17-44(2)18-13-25)29-21-24(23-42)8-10-30(29)46(34(37)48)57(51,52)32-11-9-27(53-3)22-31(32)54-4/h6-11,16,21-22,25-26H,5,12-15,17-20H2,1-4H3. The van der Waals surface area contributed by atoms with Crippen molar-refractivity contribution >= 4 is 33.6 Å². The number of amides is 3. The summed E-state index contributed by atoms with van der Waals surface area (Å²) in [5.74, 6) is -4.36. The first-order chi connectivity index (χ1) is 27.1. The molecule has 3 amide bonds. The lowest BCUT2D eigenvalue weighted by Gasteiger charge is -2.43. The first-order valence-electron chi connectivity index (χ1n) is 18.1. The van der Waals surface area contributed by atoms with Gasteiger partial charge in [0, 0.05) is 30.9 Å². The number of urea groups is 1. The van der Waals surface area contributed by atoms with Crippen LogP contribution in [-0.4, -0.2) is 106 Å². The summed E-state index contributed by atoms with van der Waals surface area (Å²) < 4.78 is 88.9. The van der Waals surface area contributed by atoms with Gasteiger partial charge in [0.1, 0.15) is 16.4 Å². The summed E-state index contributed by atoms with van der Waals surface area (Å²) in [5.41, 5.74) is -4.65. The first kappa shape index (κ1) is 41.0. The number of likely N-dealkylation sites (tertiary alicyclic amines) is 2. The number of hydrogen-bond donors (Lipinski definition) is 0. The number of benzene rings is 2. The summed E-state index contributed by atoms with van der Waals surface area (Å²) in [5, 5.41) is 10.0. The molecule has 0 bridgehead atoms. The summed E-state index contributed by atoms with van der Waals surface area (Å²) in [7, 11) is -0.576. The number of nitriles is 1. The van der Waals surface area contributed by atoms with Gasteiger partial charge >= 0.3 is 18.2 Å². The Kier molecular flexibility index (Phi) is 11.6. The number of hydroxylamine groups is 2. The third kappa shape index (κ3) is 7.39. The molecule has 1 aromatic heterocycles. The van der Waals surface area contributed by atoms with E-state index in [-0.39, 0.29) is 52.0 Å². The van der Waals surface area contributed by atoms with E-state index in [1.165, 1.54) is 55.6 Å². The van der Waals surface area contributed by atoms with E-state index in [0.717, 1.165) is 44.1 Å². The molecule has 4 heterocycles. The van der Waals surface area contributed by atoms with Crippen LogP contribution in [0.15, 0.2) is 59.6 Å². The highest BCUT2D eigenvalue weighted by Gasteiger charge is 2.66. The van der Waals surface area contributed by atoms with Crippen LogP contribution in [0, 0.1) is 23.2 Å². The van der Waals surface area contributed by atoms with Crippen molar-refractivity contribution in [2.75, 3.05) is 58.4 Å². The number of halogens is 3. The normalized spacial score (nSPS) is 19.4. The average molecular weight is 815 g/mol. The van der Waals surface area contributed by atoms with E-state index in [2.05, 4.69) is 9.88 Å². The van der Waals surface area contributed by atoms with Crippen LogP contribution in [0.3, 0.4) is 0 Å². The van der Waals surface area contributed by atoms with Crippen LogP contribution < -0.4 is 18.5 Å². The fraction of sp³-hybridized carbons (Fsp3) is 0.447. The van der Waals surface area contributed by atoms with E-state index in [4.69, 9.17) is 19.0 Å². The summed E-state index contributed by atoms with van der Waals surface area (Å²) in [4.78, 5) is 55.5. The van der Waals surface area contributed by atoms with Gasteiger partial charge in [0.15, 0.2) is 0 Å². The maximum atomic E-state index is 15.6. The van der Waals surface area contributed by atoms with Crippen molar-refractivity contribution in [1.82, 2.24) is 19.8 Å². The average Bonchev–Trinajstić information content (AvgIpc) is 3.47. The van der Waals surface area contributed by atoms with Crippen molar-refractivity contribution in [2.45, 2.75) is 49.2 Å². The number of methoxy groups -OCH3 is 2. The number of carbonyl (C=O) groups excluding carboxylic acids is 3. The highest BCUT2D eigenvalue weighted by atomic mass is 32.2. The Labute approximate surface area is 327 Å². The van der Waals surface area contributed by atoms with Crippen molar-refractivity contribution in [3.05, 3.63) is 71.4 Å². The van der Waals surface area contributed by atoms with Gasteiger partial charge < -0.3 is 28.8 Å². The van der Waals surface area contributed by atoms with Crippen LogP contribution in [-0.2, 0) is 30.0 Å². The largest absolute Gasteiger partial charge is 0.497 e. The van der Waals surface area contributed by atoms with E-state index in [0.29, 0.717) is 18.8 Å². The SMILES string of the molecule is CCOc1ncccc1C1(N(OC(=O)C(F)(F)F)C(=O)N2CCC(C3CCN(C)CC3)CC2)C(=O)N(S(=O)(=O)c2ccc(OC)cc2OC)c2ccc(C#N)cc21. The van der Waals surface area contributed by atoms with Crippen LogP contribution in [0.25, 0.3) is 0 Å². The number of rotatable bonds is 9. The monoisotopic (exact) mass is 814 g/mol. The smallest absolute Gasteiger partial charge is 0.493 e. The molecule has 19 heteroatoms. The third-order valence-corrected chi connectivity index (χ3v) is 12.4. The number of aromatic nitrogens is 1. The molecule has 3 aliphatic heterocycles. The van der Waals surface area contributed by atoms with Gasteiger partial charge in [-0.1, -0.05) is 0 Å². The molecule has 0 radical (unpaired) electrons. The topological polar surface area (TPSA) is 172 Å². The Bertz CT molecular complexity index is 2180. The second-order valence-corrected chi connectivity index (χ2v) is 15.6. The quantitative estimate of drug-likeness (QED) is 0.270. The minimum Gasteiger partial charge on any atom is -0.497 e. The number of piperidine rings is 2. The zero-order chi connectivity index (χ0) is 41.3.